The van der Waals surface area contributed by atoms with Gasteiger partial charge < -0.3 is 20.1 Å². The summed E-state index contributed by atoms with van der Waals surface area (Å²) in [6.07, 6.45) is 0. The van der Waals surface area contributed by atoms with E-state index in [1.165, 1.54) is 5.56 Å². The van der Waals surface area contributed by atoms with Gasteiger partial charge in [-0.1, -0.05) is 26.0 Å². The maximum Gasteiger partial charge on any atom is 0.191 e. The van der Waals surface area contributed by atoms with Crippen molar-refractivity contribution in [3.05, 3.63) is 29.8 Å². The fourth-order valence-corrected chi connectivity index (χ4v) is 3.25. The molecule has 0 bridgehead atoms. The average Bonchev–Trinajstić information content (AvgIpc) is 2.68. The summed E-state index contributed by atoms with van der Waals surface area (Å²) in [5.41, 5.74) is 1.29. The molecule has 1 aromatic rings. The zero-order chi connectivity index (χ0) is 19.9. The van der Waals surface area contributed by atoms with E-state index in [9.17, 15) is 0 Å². The molecule has 6 nitrogen and oxygen atoms in total. The second-order valence-electron chi connectivity index (χ2n) is 8.30. The number of methoxy groups -OCH3 is 1. The van der Waals surface area contributed by atoms with Crippen LogP contribution in [0.4, 0.5) is 0 Å². The summed E-state index contributed by atoms with van der Waals surface area (Å²) in [7, 11) is 3.51. The van der Waals surface area contributed by atoms with Crippen LogP contribution in [-0.4, -0.2) is 69.9 Å². The lowest BCUT2D eigenvalue weighted by molar-refractivity contribution is -0.00834. The maximum absolute atomic E-state index is 5.47. The van der Waals surface area contributed by atoms with E-state index in [-0.39, 0.29) is 11.0 Å². The molecule has 0 radical (unpaired) electrons. The van der Waals surface area contributed by atoms with Gasteiger partial charge in [0.25, 0.3) is 0 Å². The van der Waals surface area contributed by atoms with E-state index in [2.05, 4.69) is 60.4 Å². The molecule has 0 saturated carbocycles. The Kier molecular flexibility index (Phi) is 7.50. The third-order valence-electron chi connectivity index (χ3n) is 5.35. The van der Waals surface area contributed by atoms with Crippen LogP contribution in [0, 0.1) is 0 Å². The van der Waals surface area contributed by atoms with Crippen LogP contribution in [-0.2, 0) is 10.2 Å². The van der Waals surface area contributed by atoms with Crippen molar-refractivity contribution in [1.29, 1.82) is 0 Å². The van der Waals surface area contributed by atoms with Gasteiger partial charge in [0.15, 0.2) is 5.96 Å². The highest BCUT2D eigenvalue weighted by atomic mass is 16.5. The molecule has 0 aromatic heterocycles. The average molecular weight is 377 g/mol. The summed E-state index contributed by atoms with van der Waals surface area (Å²) in [6, 6.07) is 8.26. The minimum atomic E-state index is -0.0242. The number of nitrogens with zero attached hydrogens (tertiary/aromatic N) is 2. The van der Waals surface area contributed by atoms with Crippen LogP contribution in [0.1, 0.15) is 33.3 Å². The van der Waals surface area contributed by atoms with Crippen LogP contribution >= 0.6 is 0 Å². The molecule has 1 fully saturated rings. The van der Waals surface area contributed by atoms with Crippen molar-refractivity contribution in [1.82, 2.24) is 15.5 Å². The van der Waals surface area contributed by atoms with E-state index in [1.54, 1.807) is 7.11 Å². The smallest absolute Gasteiger partial charge is 0.191 e. The van der Waals surface area contributed by atoms with Gasteiger partial charge in [-0.05, 0) is 31.5 Å². The first-order valence-corrected chi connectivity index (χ1v) is 9.70. The van der Waals surface area contributed by atoms with Gasteiger partial charge in [0.1, 0.15) is 5.75 Å². The van der Waals surface area contributed by atoms with Crippen LogP contribution in [0.25, 0.3) is 0 Å². The Morgan fingerprint density at radius 1 is 1.07 bits per heavy atom. The lowest BCUT2D eigenvalue weighted by Gasteiger charge is -2.41. The van der Waals surface area contributed by atoms with Crippen molar-refractivity contribution in [2.75, 3.05) is 53.6 Å². The largest absolute Gasteiger partial charge is 0.497 e. The number of hydrogen-bond donors (Lipinski definition) is 2. The van der Waals surface area contributed by atoms with Gasteiger partial charge in [0.05, 0.1) is 20.3 Å². The third-order valence-corrected chi connectivity index (χ3v) is 5.35. The zero-order valence-electron chi connectivity index (χ0n) is 17.8. The number of benzene rings is 1. The molecule has 27 heavy (non-hydrogen) atoms. The first-order chi connectivity index (χ1) is 12.8. The minimum Gasteiger partial charge on any atom is -0.497 e. The number of rotatable bonds is 7. The Morgan fingerprint density at radius 2 is 1.67 bits per heavy atom. The van der Waals surface area contributed by atoms with Crippen molar-refractivity contribution in [2.24, 2.45) is 4.99 Å². The summed E-state index contributed by atoms with van der Waals surface area (Å²) >= 11 is 0. The maximum atomic E-state index is 5.47. The first kappa shape index (κ1) is 21.5. The van der Waals surface area contributed by atoms with E-state index >= 15 is 0 Å². The Morgan fingerprint density at radius 3 is 2.22 bits per heavy atom. The fraction of sp³-hybridized carbons (Fsp3) is 0.667. The van der Waals surface area contributed by atoms with Gasteiger partial charge in [-0.2, -0.15) is 0 Å². The summed E-state index contributed by atoms with van der Waals surface area (Å²) in [6.45, 7) is 14.2. The summed E-state index contributed by atoms with van der Waals surface area (Å²) in [5, 5.41) is 6.96. The van der Waals surface area contributed by atoms with Gasteiger partial charge in [0, 0.05) is 44.2 Å². The molecule has 1 aliphatic rings. The summed E-state index contributed by atoms with van der Waals surface area (Å²) in [4.78, 5) is 6.86. The second kappa shape index (κ2) is 9.42. The van der Waals surface area contributed by atoms with Crippen molar-refractivity contribution in [2.45, 2.75) is 38.6 Å². The van der Waals surface area contributed by atoms with Crippen molar-refractivity contribution in [3.63, 3.8) is 0 Å². The highest BCUT2D eigenvalue weighted by molar-refractivity contribution is 5.79. The molecule has 1 saturated heterocycles. The van der Waals surface area contributed by atoms with Crippen LogP contribution in [0.2, 0.25) is 0 Å². The van der Waals surface area contributed by atoms with Crippen LogP contribution in [0.3, 0.4) is 0 Å². The quantitative estimate of drug-likeness (QED) is 0.565. The highest BCUT2D eigenvalue weighted by Gasteiger charge is 2.28. The topological polar surface area (TPSA) is 58.1 Å². The molecule has 2 rings (SSSR count). The van der Waals surface area contributed by atoms with Crippen LogP contribution in [0.5, 0.6) is 5.75 Å². The molecule has 1 aliphatic heterocycles. The lowest BCUT2D eigenvalue weighted by Crippen LogP contribution is -2.57. The lowest BCUT2D eigenvalue weighted by atomic mass is 9.84. The van der Waals surface area contributed by atoms with Gasteiger partial charge in [-0.3, -0.25) is 9.89 Å². The standard InChI is InChI=1S/C21H36N4O2/c1-20(2,17-7-9-18(26-6)10-8-17)15-23-19(22-5)24-16-21(3,4)25-11-13-27-14-12-25/h7-10H,11-16H2,1-6H3,(H2,22,23,24). The molecule has 0 atom stereocenters. The fourth-order valence-electron chi connectivity index (χ4n) is 3.25. The van der Waals surface area contributed by atoms with Crippen molar-refractivity contribution < 1.29 is 9.47 Å². The molecule has 0 spiro atoms. The number of morpholine rings is 1. The SMILES string of the molecule is CN=C(NCC(C)(C)c1ccc(OC)cc1)NCC(C)(C)N1CCOCC1. The summed E-state index contributed by atoms with van der Waals surface area (Å²) < 4.78 is 10.7. The Bertz CT molecular complexity index is 605. The molecule has 6 heteroatoms. The molecule has 0 unspecified atom stereocenters. The Labute approximate surface area is 164 Å². The van der Waals surface area contributed by atoms with Crippen LogP contribution in [0.15, 0.2) is 29.3 Å². The molecule has 0 amide bonds. The molecule has 1 aromatic carbocycles. The number of guanidine groups is 1. The van der Waals surface area contributed by atoms with Gasteiger partial charge in [-0.25, -0.2) is 0 Å². The third kappa shape index (κ3) is 6.11. The Hall–Kier alpha value is -1.79. The predicted octanol–water partition coefficient (Wildman–Crippen LogP) is 2.25. The first-order valence-electron chi connectivity index (χ1n) is 9.70. The van der Waals surface area contributed by atoms with E-state index in [0.29, 0.717) is 0 Å². The molecule has 1 heterocycles. The molecular weight excluding hydrogens is 340 g/mol. The normalized spacial score (nSPS) is 16.9. The highest BCUT2D eigenvalue weighted by Crippen LogP contribution is 2.24. The van der Waals surface area contributed by atoms with E-state index in [4.69, 9.17) is 9.47 Å². The zero-order valence-corrected chi connectivity index (χ0v) is 17.8. The minimum absolute atomic E-state index is 0.0242. The van der Waals surface area contributed by atoms with Crippen molar-refractivity contribution >= 4 is 5.96 Å². The molecule has 152 valence electrons. The molecule has 2 N–H and O–H groups in total. The summed E-state index contributed by atoms with van der Waals surface area (Å²) in [5.74, 6) is 1.71. The van der Waals surface area contributed by atoms with Crippen LogP contribution < -0.4 is 15.4 Å². The number of hydrogen-bond acceptors (Lipinski definition) is 4. The van der Waals surface area contributed by atoms with Gasteiger partial charge in [-0.15, -0.1) is 0 Å². The number of ether oxygens (including phenoxy) is 2. The molecule has 0 aliphatic carbocycles. The van der Waals surface area contributed by atoms with Gasteiger partial charge in [0.2, 0.25) is 0 Å². The predicted molar refractivity (Wildman–Crippen MR) is 112 cm³/mol. The van der Waals surface area contributed by atoms with Gasteiger partial charge >= 0.3 is 0 Å². The monoisotopic (exact) mass is 376 g/mol. The second-order valence-corrected chi connectivity index (χ2v) is 8.30. The van der Waals surface area contributed by atoms with E-state index in [1.807, 2.05) is 19.2 Å². The number of aliphatic imine (C=N–C) groups is 1. The van der Waals surface area contributed by atoms with E-state index < -0.39 is 0 Å². The van der Waals surface area contributed by atoms with E-state index in [0.717, 1.165) is 51.1 Å². The van der Waals surface area contributed by atoms with Crippen molar-refractivity contribution in [3.8, 4) is 5.75 Å². The molecular formula is C21H36N4O2. The Balaban J connectivity index is 1.88. The number of nitrogens with one attached hydrogen (secondary N) is 2.